The Morgan fingerprint density at radius 2 is 1.35 bits per heavy atom. The van der Waals surface area contributed by atoms with E-state index in [0.29, 0.717) is 66.0 Å². The predicted molar refractivity (Wildman–Crippen MR) is 197 cm³/mol. The maximum Gasteiger partial charge on any atom is 0.338 e. The van der Waals surface area contributed by atoms with Crippen LogP contribution in [0.3, 0.4) is 0 Å². The molecule has 0 bridgehead atoms. The summed E-state index contributed by atoms with van der Waals surface area (Å²) in [6.07, 6.45) is -3.10. The van der Waals surface area contributed by atoms with Crippen molar-refractivity contribution in [2.75, 3.05) is 85.8 Å². The monoisotopic (exact) mass is 808 g/mol. The largest absolute Gasteiger partial charge is 0.508 e. The molecule has 4 rings (SSSR count). The first-order valence-electron chi connectivity index (χ1n) is 17.7. The molecule has 12 N–H and O–H groups in total. The molecule has 3 aromatic rings. The van der Waals surface area contributed by atoms with E-state index in [0.717, 1.165) is 42.5 Å². The second kappa shape index (κ2) is 22.4. The van der Waals surface area contributed by atoms with Crippen molar-refractivity contribution in [3.05, 3.63) is 76.9 Å². The summed E-state index contributed by atoms with van der Waals surface area (Å²) in [6, 6.07) is 6.97. The highest BCUT2D eigenvalue weighted by atomic mass is 19.1. The number of phenols is 6. The van der Waals surface area contributed by atoms with Crippen molar-refractivity contribution >= 4 is 5.97 Å². The van der Waals surface area contributed by atoms with Gasteiger partial charge in [0, 0.05) is 30.4 Å². The van der Waals surface area contributed by atoms with E-state index in [9.17, 15) is 39.8 Å². The summed E-state index contributed by atoms with van der Waals surface area (Å²) < 4.78 is 59.2. The molecule has 314 valence electrons. The number of phenolic OH excluding ortho intramolecular Hbond substituents is 6. The number of ether oxygens (including phenoxy) is 8. The van der Waals surface area contributed by atoms with Crippen LogP contribution in [-0.4, -0.2) is 133 Å². The van der Waals surface area contributed by atoms with Crippen LogP contribution >= 0.6 is 0 Å². The first-order chi connectivity index (χ1) is 27.4. The van der Waals surface area contributed by atoms with Gasteiger partial charge >= 0.3 is 5.97 Å². The van der Waals surface area contributed by atoms with Crippen LogP contribution in [0.1, 0.15) is 33.7 Å². The van der Waals surface area contributed by atoms with Crippen molar-refractivity contribution in [1.29, 1.82) is 0 Å². The summed E-state index contributed by atoms with van der Waals surface area (Å²) in [6.45, 7) is 4.19. The van der Waals surface area contributed by atoms with Crippen molar-refractivity contribution in [3.63, 3.8) is 0 Å². The molecule has 0 saturated heterocycles. The van der Waals surface area contributed by atoms with Crippen LogP contribution in [0, 0.1) is 5.82 Å². The molecule has 57 heavy (non-hydrogen) atoms. The Kier molecular flexibility index (Phi) is 17.5. The average Bonchev–Trinajstić information content (AvgIpc) is 3.16. The molecule has 1 aliphatic heterocycles. The number of nitrogens with zero attached hydrogens (tertiary/aromatic N) is 1. The minimum atomic E-state index is -1.57. The Labute approximate surface area is 327 Å². The summed E-state index contributed by atoms with van der Waals surface area (Å²) in [5, 5.41) is 62.6. The standard InChI is InChI=1S/C37H49FN4O15/c38-26-15-22(1-2-27(26)44)37(49)57-36-34(23-16-29(46)33(48)30(47)17-23)56-31-19-25(43)18-28(45)32(31)35(36)55-21-24(40)20-42(41)4-6-51-8-10-53-12-14-54-13-11-52-9-7-50-5-3-39/h1-2,15-20,34-36,43-48H,3-14,21,39-41H2/b24-20-. The maximum atomic E-state index is 14.2. The van der Waals surface area contributed by atoms with Gasteiger partial charge < -0.3 is 85.0 Å². The number of halogens is 1. The van der Waals surface area contributed by atoms with Crippen LogP contribution in [0.4, 0.5) is 4.39 Å². The molecule has 0 radical (unpaired) electrons. The van der Waals surface area contributed by atoms with Gasteiger partial charge in [-0.25, -0.2) is 15.0 Å². The molecular weight excluding hydrogens is 759 g/mol. The van der Waals surface area contributed by atoms with Gasteiger partial charge in [0.05, 0.1) is 96.0 Å². The van der Waals surface area contributed by atoms with Gasteiger partial charge in [-0.05, 0) is 30.3 Å². The molecule has 19 nitrogen and oxygen atoms in total. The van der Waals surface area contributed by atoms with Crippen molar-refractivity contribution in [1.82, 2.24) is 5.01 Å². The van der Waals surface area contributed by atoms with E-state index in [2.05, 4.69) is 0 Å². The Hall–Kier alpha value is -5.32. The predicted octanol–water partition coefficient (Wildman–Crippen LogP) is 1.49. The van der Waals surface area contributed by atoms with Gasteiger partial charge in [0.25, 0.3) is 0 Å². The van der Waals surface area contributed by atoms with Crippen LogP contribution in [0.2, 0.25) is 0 Å². The third-order valence-corrected chi connectivity index (χ3v) is 8.09. The Balaban J connectivity index is 1.36. The molecule has 0 aromatic heterocycles. The van der Waals surface area contributed by atoms with Crippen molar-refractivity contribution in [2.24, 2.45) is 17.3 Å². The summed E-state index contributed by atoms with van der Waals surface area (Å²) in [7, 11) is 0. The second-order valence-electron chi connectivity index (χ2n) is 12.4. The molecule has 3 aromatic carbocycles. The fourth-order valence-corrected chi connectivity index (χ4v) is 5.42. The van der Waals surface area contributed by atoms with E-state index < -0.39 is 64.6 Å². The number of hydrogen-bond donors (Lipinski definition) is 9. The minimum Gasteiger partial charge on any atom is -0.508 e. The summed E-state index contributed by atoms with van der Waals surface area (Å²) in [5.41, 5.74) is 11.2. The van der Waals surface area contributed by atoms with Crippen LogP contribution in [0.25, 0.3) is 0 Å². The molecule has 3 atom stereocenters. The van der Waals surface area contributed by atoms with E-state index in [1.165, 1.54) is 11.2 Å². The van der Waals surface area contributed by atoms with E-state index in [4.69, 9.17) is 55.2 Å². The topological polar surface area (TPSA) is 294 Å². The molecule has 1 heterocycles. The zero-order valence-corrected chi connectivity index (χ0v) is 31.0. The van der Waals surface area contributed by atoms with Gasteiger partial charge in [0.2, 0.25) is 0 Å². The number of benzene rings is 3. The van der Waals surface area contributed by atoms with Gasteiger partial charge in [-0.1, -0.05) is 0 Å². The highest BCUT2D eigenvalue weighted by molar-refractivity contribution is 5.89. The van der Waals surface area contributed by atoms with E-state index in [-0.39, 0.29) is 47.9 Å². The van der Waals surface area contributed by atoms with Crippen molar-refractivity contribution in [2.45, 2.75) is 18.3 Å². The van der Waals surface area contributed by atoms with Gasteiger partial charge in [-0.15, -0.1) is 0 Å². The smallest absolute Gasteiger partial charge is 0.338 e. The number of nitrogens with two attached hydrogens (primary N) is 3. The number of hydrogen-bond acceptors (Lipinski definition) is 19. The quantitative estimate of drug-likeness (QED) is 0.0204. The zero-order valence-electron chi connectivity index (χ0n) is 31.0. The Morgan fingerprint density at radius 1 is 0.772 bits per heavy atom. The van der Waals surface area contributed by atoms with Gasteiger partial charge in [-0.3, -0.25) is 0 Å². The molecule has 3 unspecified atom stereocenters. The second-order valence-corrected chi connectivity index (χ2v) is 12.4. The molecule has 20 heteroatoms. The van der Waals surface area contributed by atoms with Gasteiger partial charge in [0.1, 0.15) is 23.4 Å². The van der Waals surface area contributed by atoms with Gasteiger partial charge in [0.15, 0.2) is 41.0 Å². The normalized spacial score (nSPS) is 16.5. The maximum absolute atomic E-state index is 14.2. The highest BCUT2D eigenvalue weighted by Gasteiger charge is 2.45. The number of hydrazine groups is 1. The van der Waals surface area contributed by atoms with E-state index in [1.807, 2.05) is 0 Å². The fraction of sp³-hybridized carbons (Fsp3) is 0.432. The summed E-state index contributed by atoms with van der Waals surface area (Å²) in [4.78, 5) is 13.4. The average molecular weight is 809 g/mol. The number of esters is 1. The lowest BCUT2D eigenvalue weighted by atomic mass is 9.90. The minimum absolute atomic E-state index is 0.0443. The van der Waals surface area contributed by atoms with Crippen LogP contribution < -0.4 is 22.0 Å². The first kappa shape index (κ1) is 44.4. The first-order valence-corrected chi connectivity index (χ1v) is 17.7. The highest BCUT2D eigenvalue weighted by Crippen LogP contribution is 2.51. The third-order valence-electron chi connectivity index (χ3n) is 8.09. The molecule has 1 aliphatic rings. The number of rotatable bonds is 24. The lowest BCUT2D eigenvalue weighted by Crippen LogP contribution is -2.40. The summed E-state index contributed by atoms with van der Waals surface area (Å²) in [5.74, 6) is -0.275. The number of carbonyl (C=O) groups is 1. The zero-order chi connectivity index (χ0) is 41.3. The lowest BCUT2D eigenvalue weighted by molar-refractivity contribution is -0.106. The fourth-order valence-electron chi connectivity index (χ4n) is 5.42. The molecule has 0 aliphatic carbocycles. The van der Waals surface area contributed by atoms with Crippen LogP contribution in [-0.2, 0) is 33.2 Å². The van der Waals surface area contributed by atoms with E-state index >= 15 is 0 Å². The van der Waals surface area contributed by atoms with Crippen LogP contribution in [0.5, 0.6) is 40.2 Å². The van der Waals surface area contributed by atoms with Gasteiger partial charge in [-0.2, -0.15) is 0 Å². The third kappa shape index (κ3) is 13.4. The molecule has 0 fully saturated rings. The molecule has 0 saturated carbocycles. The Morgan fingerprint density at radius 3 is 1.93 bits per heavy atom. The number of carbonyl (C=O) groups excluding carboxylic acids is 1. The Bertz CT molecular complexity index is 1760. The molecule has 0 amide bonds. The molecular formula is C37H49FN4O15. The van der Waals surface area contributed by atoms with Crippen LogP contribution in [0.15, 0.2) is 54.4 Å². The van der Waals surface area contributed by atoms with E-state index in [1.54, 1.807) is 0 Å². The SMILES string of the molecule is NCCOCCOCCOCCOCCOCCN(N)/C=C(\N)COC1c2c(O)cc(O)cc2OC(c2cc(O)c(O)c(O)c2)C1OC(=O)c1ccc(O)c(F)c1. The number of fused-ring (bicyclic) bond motifs is 1. The summed E-state index contributed by atoms with van der Waals surface area (Å²) >= 11 is 0. The number of aromatic hydroxyl groups is 6. The van der Waals surface area contributed by atoms with Crippen molar-refractivity contribution in [3.8, 4) is 40.2 Å². The lowest BCUT2D eigenvalue weighted by Gasteiger charge is -2.39. The molecule has 0 spiro atoms. The van der Waals surface area contributed by atoms with Crippen molar-refractivity contribution < 1.29 is 77.7 Å².